The predicted molar refractivity (Wildman–Crippen MR) is 55.0 cm³/mol. The molecule has 84 valence electrons. The molecule has 5 heteroatoms. The van der Waals surface area contributed by atoms with Gasteiger partial charge in [0.2, 0.25) is 0 Å². The van der Waals surface area contributed by atoms with Gasteiger partial charge in [-0.05, 0) is 27.7 Å². The van der Waals surface area contributed by atoms with Crippen molar-refractivity contribution in [1.82, 2.24) is 0 Å². The topological polar surface area (TPSA) is 40.2 Å². The van der Waals surface area contributed by atoms with Gasteiger partial charge in [0.1, 0.15) is 0 Å². The summed E-state index contributed by atoms with van der Waals surface area (Å²) < 4.78 is 22.4. The summed E-state index contributed by atoms with van der Waals surface area (Å²) in [4.78, 5) is 0. The molecular formula is C9H20O4Si. The van der Waals surface area contributed by atoms with Crippen LogP contribution in [0.3, 0.4) is 0 Å². The summed E-state index contributed by atoms with van der Waals surface area (Å²) in [5.74, 6) is 0. The largest absolute Gasteiger partial charge is 0.534 e. The maximum absolute atomic E-state index is 5.67. The molecule has 1 aliphatic rings. The van der Waals surface area contributed by atoms with Crippen LogP contribution in [0.5, 0.6) is 0 Å². The van der Waals surface area contributed by atoms with E-state index < -0.39 is 8.80 Å². The molecule has 0 radical (unpaired) electrons. The van der Waals surface area contributed by atoms with Crippen LogP contribution in [-0.2, 0) is 18.0 Å². The number of ether oxygens (including phenoxy) is 1. The molecule has 0 aromatic heterocycles. The molecule has 0 N–H and O–H groups in total. The van der Waals surface area contributed by atoms with Gasteiger partial charge in [0.25, 0.3) is 0 Å². The molecule has 0 aromatic carbocycles. The van der Waals surface area contributed by atoms with E-state index in [0.717, 1.165) is 0 Å². The van der Waals surface area contributed by atoms with Crippen molar-refractivity contribution in [3.05, 3.63) is 0 Å². The van der Waals surface area contributed by atoms with E-state index in [2.05, 4.69) is 0 Å². The van der Waals surface area contributed by atoms with Crippen LogP contribution in [0.15, 0.2) is 0 Å². The lowest BCUT2D eigenvalue weighted by molar-refractivity contribution is 0.0609. The second-order valence-electron chi connectivity index (χ2n) is 3.16. The molecule has 1 fully saturated rings. The fourth-order valence-electron chi connectivity index (χ4n) is 1.53. The zero-order valence-electron chi connectivity index (χ0n) is 9.41. The highest BCUT2D eigenvalue weighted by molar-refractivity contribution is 6.63. The highest BCUT2D eigenvalue weighted by atomic mass is 28.4. The van der Waals surface area contributed by atoms with Crippen molar-refractivity contribution in [2.45, 2.75) is 39.5 Å². The Morgan fingerprint density at radius 3 is 1.57 bits per heavy atom. The van der Waals surface area contributed by atoms with Crippen LogP contribution < -0.4 is 0 Å². The van der Waals surface area contributed by atoms with Crippen LogP contribution in [-0.4, -0.2) is 40.5 Å². The van der Waals surface area contributed by atoms with Crippen molar-refractivity contribution >= 4 is 8.80 Å². The summed E-state index contributed by atoms with van der Waals surface area (Å²) in [5.41, 5.74) is 0.0438. The number of epoxide rings is 1. The summed E-state index contributed by atoms with van der Waals surface area (Å²) in [6, 6.07) is 0. The number of hydrogen-bond acceptors (Lipinski definition) is 4. The SMILES string of the molecule is CCO[Si](OCC)(OCC)C1OC1C. The van der Waals surface area contributed by atoms with E-state index in [4.69, 9.17) is 18.0 Å². The maximum atomic E-state index is 5.67. The van der Waals surface area contributed by atoms with Gasteiger partial charge in [0, 0.05) is 19.8 Å². The highest BCUT2D eigenvalue weighted by Crippen LogP contribution is 2.33. The zero-order valence-corrected chi connectivity index (χ0v) is 10.4. The molecule has 4 nitrogen and oxygen atoms in total. The van der Waals surface area contributed by atoms with Crippen LogP contribution in [0.25, 0.3) is 0 Å². The molecule has 0 bridgehead atoms. The third kappa shape index (κ3) is 2.55. The Balaban J connectivity index is 2.62. The summed E-state index contributed by atoms with van der Waals surface area (Å²) in [5, 5.41) is 0. The lowest BCUT2D eigenvalue weighted by atomic mass is 10.6. The first-order valence-corrected chi connectivity index (χ1v) is 7.07. The molecule has 0 spiro atoms. The monoisotopic (exact) mass is 220 g/mol. The standard InChI is InChI=1S/C9H20O4Si/c1-5-10-14(11-6-2,12-7-3)9-8(4)13-9/h8-9H,5-7H2,1-4H3. The van der Waals surface area contributed by atoms with Crippen LogP contribution in [0.2, 0.25) is 0 Å². The first kappa shape index (κ1) is 12.1. The lowest BCUT2D eigenvalue weighted by Gasteiger charge is -2.26. The van der Waals surface area contributed by atoms with E-state index >= 15 is 0 Å². The van der Waals surface area contributed by atoms with Crippen LogP contribution in [0.1, 0.15) is 27.7 Å². The molecule has 1 rings (SSSR count). The van der Waals surface area contributed by atoms with Gasteiger partial charge < -0.3 is 18.0 Å². The molecule has 0 saturated carbocycles. The summed E-state index contributed by atoms with van der Waals surface area (Å²) in [6.07, 6.45) is 0.214. The normalized spacial score (nSPS) is 26.6. The van der Waals surface area contributed by atoms with Gasteiger partial charge >= 0.3 is 8.80 Å². The summed E-state index contributed by atoms with van der Waals surface area (Å²) in [7, 11) is -2.55. The Bertz CT molecular complexity index is 159. The minimum Gasteiger partial charge on any atom is -0.372 e. The molecule has 2 atom stereocenters. The fourth-order valence-corrected chi connectivity index (χ4v) is 4.44. The van der Waals surface area contributed by atoms with E-state index in [9.17, 15) is 0 Å². The van der Waals surface area contributed by atoms with Gasteiger partial charge in [-0.1, -0.05) is 0 Å². The molecule has 14 heavy (non-hydrogen) atoms. The van der Waals surface area contributed by atoms with Crippen molar-refractivity contribution in [1.29, 1.82) is 0 Å². The van der Waals surface area contributed by atoms with Gasteiger partial charge in [-0.25, -0.2) is 0 Å². The maximum Gasteiger partial charge on any atom is 0.534 e. The molecular weight excluding hydrogens is 200 g/mol. The van der Waals surface area contributed by atoms with Crippen LogP contribution >= 0.6 is 0 Å². The van der Waals surface area contributed by atoms with E-state index in [-0.39, 0.29) is 11.8 Å². The van der Waals surface area contributed by atoms with Gasteiger partial charge in [-0.15, -0.1) is 0 Å². The highest BCUT2D eigenvalue weighted by Gasteiger charge is 2.61. The van der Waals surface area contributed by atoms with E-state index in [1.54, 1.807) is 0 Å². The van der Waals surface area contributed by atoms with E-state index in [1.165, 1.54) is 0 Å². The van der Waals surface area contributed by atoms with Crippen molar-refractivity contribution in [2.75, 3.05) is 19.8 Å². The Labute approximate surface area is 86.9 Å². The van der Waals surface area contributed by atoms with Crippen LogP contribution in [0, 0.1) is 0 Å². The molecule has 0 aromatic rings. The van der Waals surface area contributed by atoms with Gasteiger partial charge in [0.05, 0.1) is 6.10 Å². The van der Waals surface area contributed by atoms with Crippen molar-refractivity contribution in [2.24, 2.45) is 0 Å². The lowest BCUT2D eigenvalue weighted by Crippen LogP contribution is -2.52. The van der Waals surface area contributed by atoms with Crippen molar-refractivity contribution in [3.63, 3.8) is 0 Å². The average Bonchev–Trinajstić information content (AvgIpc) is 2.84. The quantitative estimate of drug-likeness (QED) is 0.480. The second-order valence-corrected chi connectivity index (χ2v) is 5.81. The number of hydrogen-bond donors (Lipinski definition) is 0. The Morgan fingerprint density at radius 2 is 1.36 bits per heavy atom. The van der Waals surface area contributed by atoms with Gasteiger partial charge in [-0.3, -0.25) is 0 Å². The third-order valence-electron chi connectivity index (χ3n) is 2.10. The molecule has 1 aliphatic heterocycles. The first-order chi connectivity index (χ1) is 6.70. The molecule has 2 unspecified atom stereocenters. The molecule has 0 amide bonds. The number of rotatable bonds is 7. The molecule has 0 aliphatic carbocycles. The van der Waals surface area contributed by atoms with E-state index in [0.29, 0.717) is 19.8 Å². The Hall–Kier alpha value is 0.0569. The van der Waals surface area contributed by atoms with Crippen molar-refractivity contribution in [3.8, 4) is 0 Å². The van der Waals surface area contributed by atoms with E-state index in [1.807, 2.05) is 27.7 Å². The van der Waals surface area contributed by atoms with Gasteiger partial charge in [0.15, 0.2) is 5.73 Å². The second kappa shape index (κ2) is 5.23. The van der Waals surface area contributed by atoms with Crippen molar-refractivity contribution < 1.29 is 18.0 Å². The first-order valence-electron chi connectivity index (χ1n) is 5.27. The smallest absolute Gasteiger partial charge is 0.372 e. The fraction of sp³-hybridized carbons (Fsp3) is 1.00. The summed E-state index contributed by atoms with van der Waals surface area (Å²) in [6.45, 7) is 9.70. The minimum absolute atomic E-state index is 0.0438. The third-order valence-corrected chi connectivity index (χ3v) is 5.47. The minimum atomic E-state index is -2.55. The Morgan fingerprint density at radius 1 is 1.00 bits per heavy atom. The molecule has 1 heterocycles. The summed E-state index contributed by atoms with van der Waals surface area (Å²) >= 11 is 0. The predicted octanol–water partition coefficient (Wildman–Crippen LogP) is 1.36. The zero-order chi connectivity index (χ0) is 10.6. The Kier molecular flexibility index (Phi) is 4.53. The average molecular weight is 220 g/mol. The molecule has 1 saturated heterocycles. The van der Waals surface area contributed by atoms with Gasteiger partial charge in [-0.2, -0.15) is 0 Å². The van der Waals surface area contributed by atoms with Crippen LogP contribution in [0.4, 0.5) is 0 Å².